The lowest BCUT2D eigenvalue weighted by Gasteiger charge is -2.15. The molecule has 0 bridgehead atoms. The smallest absolute Gasteiger partial charge is 0.271 e. The van der Waals surface area contributed by atoms with Crippen molar-refractivity contribution in [2.75, 3.05) is 13.2 Å². The standard InChI is InChI=1S/C32H30FIN2O5/c1-3-38-29-18-25(12-15-28(29)40-20-22-8-6-5-7-9-22)32(37)36-35-19-24-16-27(34)31(30(17-24)39-4-2)41-21-23-10-13-26(33)14-11-23/h5-19H,3-4,20-21H2,1-2H3,(H,36,37)/b35-19+. The number of hydrogen-bond donors (Lipinski definition) is 1. The van der Waals surface area contributed by atoms with Crippen molar-refractivity contribution < 1.29 is 28.1 Å². The fraction of sp³-hybridized carbons (Fsp3) is 0.188. The number of nitrogens with zero attached hydrogens (tertiary/aromatic N) is 1. The average molecular weight is 669 g/mol. The molecule has 4 rings (SSSR count). The molecule has 1 amide bonds. The Hall–Kier alpha value is -4.12. The lowest BCUT2D eigenvalue weighted by Crippen LogP contribution is -2.17. The van der Waals surface area contributed by atoms with Gasteiger partial charge in [-0.25, -0.2) is 9.82 Å². The summed E-state index contributed by atoms with van der Waals surface area (Å²) < 4.78 is 37.4. The van der Waals surface area contributed by atoms with Gasteiger partial charge in [0, 0.05) is 5.56 Å². The Morgan fingerprint density at radius 3 is 2.22 bits per heavy atom. The van der Waals surface area contributed by atoms with Crippen molar-refractivity contribution >= 4 is 34.7 Å². The predicted octanol–water partition coefficient (Wildman–Crippen LogP) is 7.15. The van der Waals surface area contributed by atoms with Gasteiger partial charge >= 0.3 is 0 Å². The van der Waals surface area contributed by atoms with Gasteiger partial charge in [-0.2, -0.15) is 5.10 Å². The zero-order chi connectivity index (χ0) is 29.0. The number of ether oxygens (including phenoxy) is 4. The highest BCUT2D eigenvalue weighted by molar-refractivity contribution is 14.1. The highest BCUT2D eigenvalue weighted by atomic mass is 127. The molecule has 212 valence electrons. The Kier molecular flexibility index (Phi) is 10.9. The predicted molar refractivity (Wildman–Crippen MR) is 165 cm³/mol. The lowest BCUT2D eigenvalue weighted by atomic mass is 10.2. The zero-order valence-electron chi connectivity index (χ0n) is 22.7. The molecule has 0 aromatic heterocycles. The van der Waals surface area contributed by atoms with Crippen molar-refractivity contribution in [1.82, 2.24) is 5.43 Å². The zero-order valence-corrected chi connectivity index (χ0v) is 24.9. The largest absolute Gasteiger partial charge is 0.490 e. The van der Waals surface area contributed by atoms with Gasteiger partial charge in [0.25, 0.3) is 5.91 Å². The second-order valence-corrected chi connectivity index (χ2v) is 9.91. The van der Waals surface area contributed by atoms with Crippen LogP contribution in [0.15, 0.2) is 90.0 Å². The quantitative estimate of drug-likeness (QED) is 0.0931. The summed E-state index contributed by atoms with van der Waals surface area (Å²) in [7, 11) is 0. The molecule has 0 heterocycles. The maximum absolute atomic E-state index is 13.2. The first-order chi connectivity index (χ1) is 20.0. The molecule has 0 aliphatic rings. The van der Waals surface area contributed by atoms with E-state index in [1.807, 2.05) is 50.2 Å². The molecule has 4 aromatic carbocycles. The summed E-state index contributed by atoms with van der Waals surface area (Å²) in [6.45, 7) is 5.26. The molecule has 0 spiro atoms. The van der Waals surface area contributed by atoms with Gasteiger partial charge in [-0.1, -0.05) is 42.5 Å². The van der Waals surface area contributed by atoms with E-state index in [4.69, 9.17) is 18.9 Å². The van der Waals surface area contributed by atoms with Gasteiger partial charge in [0.15, 0.2) is 23.0 Å². The van der Waals surface area contributed by atoms with Gasteiger partial charge in [0.1, 0.15) is 19.0 Å². The van der Waals surface area contributed by atoms with Crippen molar-refractivity contribution in [3.63, 3.8) is 0 Å². The molecule has 0 unspecified atom stereocenters. The maximum atomic E-state index is 13.2. The number of carbonyl (C=O) groups is 1. The number of amides is 1. The van der Waals surface area contributed by atoms with Gasteiger partial charge in [-0.15, -0.1) is 0 Å². The molecular formula is C32H30FIN2O5. The second-order valence-electron chi connectivity index (χ2n) is 8.75. The van der Waals surface area contributed by atoms with Crippen LogP contribution in [-0.2, 0) is 13.2 Å². The van der Waals surface area contributed by atoms with E-state index in [0.29, 0.717) is 53.9 Å². The molecule has 0 radical (unpaired) electrons. The summed E-state index contributed by atoms with van der Waals surface area (Å²) in [6.07, 6.45) is 1.53. The van der Waals surface area contributed by atoms with Crippen molar-refractivity contribution in [1.29, 1.82) is 0 Å². The van der Waals surface area contributed by atoms with Crippen molar-refractivity contribution in [3.05, 3.63) is 117 Å². The number of benzene rings is 4. The Morgan fingerprint density at radius 2 is 1.49 bits per heavy atom. The minimum atomic E-state index is -0.393. The minimum absolute atomic E-state index is 0.264. The number of rotatable bonds is 13. The van der Waals surface area contributed by atoms with E-state index in [2.05, 4.69) is 33.1 Å². The molecular weight excluding hydrogens is 638 g/mol. The van der Waals surface area contributed by atoms with Gasteiger partial charge in [-0.05, 0) is 95.6 Å². The third kappa shape index (κ3) is 8.68. The van der Waals surface area contributed by atoms with Crippen molar-refractivity contribution in [3.8, 4) is 23.0 Å². The van der Waals surface area contributed by atoms with Gasteiger partial charge < -0.3 is 18.9 Å². The summed E-state index contributed by atoms with van der Waals surface area (Å²) in [5.74, 6) is 1.46. The third-order valence-corrected chi connectivity index (χ3v) is 6.55. The van der Waals surface area contributed by atoms with Gasteiger partial charge in [0.2, 0.25) is 0 Å². The number of hydrogen-bond acceptors (Lipinski definition) is 6. The topological polar surface area (TPSA) is 78.4 Å². The van der Waals surface area contributed by atoms with Gasteiger partial charge in [0.05, 0.1) is 23.0 Å². The molecule has 0 aliphatic heterocycles. The molecule has 4 aromatic rings. The van der Waals surface area contributed by atoms with E-state index in [9.17, 15) is 9.18 Å². The van der Waals surface area contributed by atoms with E-state index < -0.39 is 5.91 Å². The van der Waals surface area contributed by atoms with Crippen LogP contribution in [0, 0.1) is 9.39 Å². The van der Waals surface area contributed by atoms with Crippen LogP contribution < -0.4 is 24.4 Å². The molecule has 0 aliphatic carbocycles. The van der Waals surface area contributed by atoms with Crippen LogP contribution in [0.5, 0.6) is 23.0 Å². The molecule has 7 nitrogen and oxygen atoms in total. The number of nitrogens with one attached hydrogen (secondary N) is 1. The molecule has 0 saturated carbocycles. The Bertz CT molecular complexity index is 1480. The Labute approximate surface area is 252 Å². The van der Waals surface area contributed by atoms with Crippen molar-refractivity contribution in [2.24, 2.45) is 5.10 Å². The first kappa shape index (κ1) is 29.9. The molecule has 0 fully saturated rings. The van der Waals surface area contributed by atoms with Crippen LogP contribution in [0.4, 0.5) is 4.39 Å². The average Bonchev–Trinajstić information content (AvgIpc) is 2.98. The van der Waals surface area contributed by atoms with Crippen LogP contribution in [0.1, 0.15) is 40.9 Å². The number of carbonyl (C=O) groups excluding carboxylic acids is 1. The van der Waals surface area contributed by atoms with Crippen LogP contribution in [0.3, 0.4) is 0 Å². The van der Waals surface area contributed by atoms with Gasteiger partial charge in [-0.3, -0.25) is 4.79 Å². The summed E-state index contributed by atoms with van der Waals surface area (Å²) in [6, 6.07) is 24.6. The summed E-state index contributed by atoms with van der Waals surface area (Å²) >= 11 is 2.16. The summed E-state index contributed by atoms with van der Waals surface area (Å²) in [5, 5.41) is 4.13. The molecule has 9 heteroatoms. The fourth-order valence-corrected chi connectivity index (χ4v) is 4.58. The summed E-state index contributed by atoms with van der Waals surface area (Å²) in [5.41, 5.74) is 5.52. The normalized spacial score (nSPS) is 10.8. The summed E-state index contributed by atoms with van der Waals surface area (Å²) in [4.78, 5) is 12.8. The Balaban J connectivity index is 1.42. The first-order valence-corrected chi connectivity index (χ1v) is 14.1. The van der Waals surface area contributed by atoms with E-state index in [0.717, 1.165) is 14.7 Å². The van der Waals surface area contributed by atoms with Crippen LogP contribution in [0.2, 0.25) is 0 Å². The van der Waals surface area contributed by atoms with E-state index in [1.54, 1.807) is 36.4 Å². The molecule has 0 atom stereocenters. The second kappa shape index (κ2) is 15.0. The molecule has 0 saturated heterocycles. The lowest BCUT2D eigenvalue weighted by molar-refractivity contribution is 0.0954. The van der Waals surface area contributed by atoms with E-state index in [-0.39, 0.29) is 12.4 Å². The van der Waals surface area contributed by atoms with E-state index >= 15 is 0 Å². The fourth-order valence-electron chi connectivity index (χ4n) is 3.80. The maximum Gasteiger partial charge on any atom is 0.271 e. The monoisotopic (exact) mass is 668 g/mol. The first-order valence-electron chi connectivity index (χ1n) is 13.1. The van der Waals surface area contributed by atoms with Crippen LogP contribution in [-0.4, -0.2) is 25.3 Å². The number of hydrazone groups is 1. The molecule has 41 heavy (non-hydrogen) atoms. The van der Waals surface area contributed by atoms with Crippen LogP contribution >= 0.6 is 22.6 Å². The van der Waals surface area contributed by atoms with E-state index in [1.165, 1.54) is 18.3 Å². The third-order valence-electron chi connectivity index (χ3n) is 5.75. The molecule has 1 N–H and O–H groups in total. The van der Waals surface area contributed by atoms with Crippen LogP contribution in [0.25, 0.3) is 0 Å². The highest BCUT2D eigenvalue weighted by Gasteiger charge is 2.14. The number of halogens is 2. The Morgan fingerprint density at radius 1 is 0.805 bits per heavy atom. The van der Waals surface area contributed by atoms with Crippen molar-refractivity contribution in [2.45, 2.75) is 27.1 Å². The highest BCUT2D eigenvalue weighted by Crippen LogP contribution is 2.34. The SMILES string of the molecule is CCOc1cc(C(=O)N/N=C/c2cc(I)c(OCc3ccc(F)cc3)c(OCC)c2)ccc1OCc1ccccc1. The minimum Gasteiger partial charge on any atom is -0.490 e.